The van der Waals surface area contributed by atoms with E-state index < -0.39 is 0 Å². The van der Waals surface area contributed by atoms with Gasteiger partial charge < -0.3 is 9.80 Å². The molecule has 3 aromatic carbocycles. The molecule has 0 fully saturated rings. The molecule has 31 heavy (non-hydrogen) atoms. The molecule has 2 nitrogen and oxygen atoms in total. The Bertz CT molecular complexity index is 1030. The van der Waals surface area contributed by atoms with Gasteiger partial charge in [0.2, 0.25) is 0 Å². The fourth-order valence-electron chi connectivity index (χ4n) is 4.48. The minimum atomic E-state index is -0.0950. The summed E-state index contributed by atoms with van der Waals surface area (Å²) >= 11 is 0. The standard InChI is InChI=1S/C29H38N2/c1-21-15-10-11-18-24(21)30(28(4,5)6)25-19-12-13-20-26(25)31(29(7,8)9)27-22(2)16-14-17-23(27)3/h10-20H,1-9H3. The summed E-state index contributed by atoms with van der Waals surface area (Å²) in [6, 6.07) is 24.1. The van der Waals surface area contributed by atoms with Crippen molar-refractivity contribution in [1.82, 2.24) is 0 Å². The molecule has 0 spiro atoms. The third-order valence-corrected chi connectivity index (χ3v) is 5.72. The van der Waals surface area contributed by atoms with Crippen LogP contribution in [-0.2, 0) is 0 Å². The van der Waals surface area contributed by atoms with Gasteiger partial charge in [-0.1, -0.05) is 48.5 Å². The topological polar surface area (TPSA) is 6.48 Å². The highest BCUT2D eigenvalue weighted by Gasteiger charge is 2.32. The summed E-state index contributed by atoms with van der Waals surface area (Å²) in [5.74, 6) is 0. The summed E-state index contributed by atoms with van der Waals surface area (Å²) in [7, 11) is 0. The lowest BCUT2D eigenvalue weighted by Crippen LogP contribution is -2.42. The van der Waals surface area contributed by atoms with E-state index in [4.69, 9.17) is 0 Å². The maximum Gasteiger partial charge on any atom is 0.0657 e. The Kier molecular flexibility index (Phi) is 6.23. The fraction of sp³-hybridized carbons (Fsp3) is 0.379. The number of nitrogens with zero attached hydrogens (tertiary/aromatic N) is 2. The van der Waals surface area contributed by atoms with Gasteiger partial charge in [-0.25, -0.2) is 0 Å². The molecular weight excluding hydrogens is 376 g/mol. The number of para-hydroxylation sites is 4. The van der Waals surface area contributed by atoms with E-state index in [0.717, 1.165) is 0 Å². The highest BCUT2D eigenvalue weighted by molar-refractivity contribution is 5.85. The molecular formula is C29H38N2. The molecule has 0 atom stereocenters. The molecule has 0 saturated heterocycles. The quantitative estimate of drug-likeness (QED) is 0.422. The Morgan fingerprint density at radius 3 is 1.29 bits per heavy atom. The number of hydrogen-bond acceptors (Lipinski definition) is 2. The van der Waals surface area contributed by atoms with Gasteiger partial charge in [0.15, 0.2) is 0 Å². The highest BCUT2D eigenvalue weighted by atomic mass is 15.3. The van der Waals surface area contributed by atoms with Gasteiger partial charge in [-0.3, -0.25) is 0 Å². The number of benzene rings is 3. The maximum absolute atomic E-state index is 2.52. The lowest BCUT2D eigenvalue weighted by molar-refractivity contribution is 0.545. The van der Waals surface area contributed by atoms with Crippen LogP contribution in [0.1, 0.15) is 58.2 Å². The van der Waals surface area contributed by atoms with Crippen LogP contribution in [0.4, 0.5) is 22.7 Å². The summed E-state index contributed by atoms with van der Waals surface area (Å²) in [6.07, 6.45) is 0. The highest BCUT2D eigenvalue weighted by Crippen LogP contribution is 2.46. The normalized spacial score (nSPS) is 12.0. The Morgan fingerprint density at radius 2 is 0.839 bits per heavy atom. The SMILES string of the molecule is Cc1ccccc1N(c1ccccc1N(c1c(C)cccc1C)C(C)(C)C)C(C)(C)C. The summed E-state index contributed by atoms with van der Waals surface area (Å²) in [4.78, 5) is 5.01. The zero-order valence-corrected chi connectivity index (χ0v) is 20.7. The van der Waals surface area contributed by atoms with Crippen LogP contribution in [0.25, 0.3) is 0 Å². The molecule has 0 N–H and O–H groups in total. The molecule has 2 heteroatoms. The van der Waals surface area contributed by atoms with Crippen LogP contribution in [0.15, 0.2) is 66.7 Å². The number of aryl methyl sites for hydroxylation is 3. The average Bonchev–Trinajstić information content (AvgIpc) is 2.65. The van der Waals surface area contributed by atoms with E-state index in [-0.39, 0.29) is 11.1 Å². The second kappa shape index (κ2) is 8.42. The molecule has 0 saturated carbocycles. The monoisotopic (exact) mass is 414 g/mol. The maximum atomic E-state index is 2.52. The molecule has 0 unspecified atom stereocenters. The minimum absolute atomic E-state index is 0.0907. The molecule has 0 aromatic heterocycles. The van der Waals surface area contributed by atoms with Crippen LogP contribution in [0.2, 0.25) is 0 Å². The first-order chi connectivity index (χ1) is 14.4. The Morgan fingerprint density at radius 1 is 0.452 bits per heavy atom. The molecule has 0 aliphatic rings. The first kappa shape index (κ1) is 22.9. The predicted octanol–water partition coefficient (Wildman–Crippen LogP) is 8.49. The van der Waals surface area contributed by atoms with Gasteiger partial charge in [-0.05, 0) is 97.2 Å². The van der Waals surface area contributed by atoms with Crippen molar-refractivity contribution < 1.29 is 0 Å². The number of anilines is 4. The van der Waals surface area contributed by atoms with Gasteiger partial charge >= 0.3 is 0 Å². The van der Waals surface area contributed by atoms with Gasteiger partial charge in [-0.15, -0.1) is 0 Å². The third kappa shape index (κ3) is 4.63. The Hall–Kier alpha value is -2.74. The fourth-order valence-corrected chi connectivity index (χ4v) is 4.48. The first-order valence-corrected chi connectivity index (χ1v) is 11.2. The zero-order chi connectivity index (χ0) is 23.0. The summed E-state index contributed by atoms with van der Waals surface area (Å²) in [6.45, 7) is 20.4. The molecule has 3 aromatic rings. The summed E-state index contributed by atoms with van der Waals surface area (Å²) in [5, 5.41) is 0. The zero-order valence-electron chi connectivity index (χ0n) is 20.7. The van der Waals surface area contributed by atoms with E-state index in [1.165, 1.54) is 39.4 Å². The van der Waals surface area contributed by atoms with Crippen LogP contribution in [0.3, 0.4) is 0 Å². The molecule has 0 aliphatic carbocycles. The van der Waals surface area contributed by atoms with E-state index in [1.54, 1.807) is 0 Å². The van der Waals surface area contributed by atoms with Gasteiger partial charge in [0.05, 0.1) is 11.4 Å². The van der Waals surface area contributed by atoms with Gasteiger partial charge in [0.1, 0.15) is 0 Å². The molecule has 164 valence electrons. The summed E-state index contributed by atoms with van der Waals surface area (Å²) < 4.78 is 0. The van der Waals surface area contributed by atoms with Crippen LogP contribution in [0, 0.1) is 20.8 Å². The molecule has 0 aliphatic heterocycles. The largest absolute Gasteiger partial charge is 0.334 e. The van der Waals surface area contributed by atoms with Crippen molar-refractivity contribution in [2.24, 2.45) is 0 Å². The van der Waals surface area contributed by atoms with Gasteiger partial charge in [-0.2, -0.15) is 0 Å². The first-order valence-electron chi connectivity index (χ1n) is 11.2. The van der Waals surface area contributed by atoms with Crippen LogP contribution in [0.5, 0.6) is 0 Å². The average molecular weight is 415 g/mol. The van der Waals surface area contributed by atoms with Crippen molar-refractivity contribution in [2.45, 2.75) is 73.4 Å². The van der Waals surface area contributed by atoms with Crippen molar-refractivity contribution in [3.8, 4) is 0 Å². The lowest BCUT2D eigenvalue weighted by Gasteiger charge is -2.45. The smallest absolute Gasteiger partial charge is 0.0657 e. The van der Waals surface area contributed by atoms with Crippen LogP contribution in [-0.4, -0.2) is 11.1 Å². The van der Waals surface area contributed by atoms with E-state index in [1.807, 2.05) is 0 Å². The van der Waals surface area contributed by atoms with Crippen molar-refractivity contribution in [1.29, 1.82) is 0 Å². The van der Waals surface area contributed by atoms with E-state index in [9.17, 15) is 0 Å². The van der Waals surface area contributed by atoms with Crippen LogP contribution < -0.4 is 9.80 Å². The lowest BCUT2D eigenvalue weighted by atomic mass is 9.96. The van der Waals surface area contributed by atoms with Crippen LogP contribution >= 0.6 is 0 Å². The van der Waals surface area contributed by atoms with Crippen molar-refractivity contribution in [2.75, 3.05) is 9.80 Å². The van der Waals surface area contributed by atoms with E-state index in [0.29, 0.717) is 0 Å². The molecule has 0 bridgehead atoms. The summed E-state index contributed by atoms with van der Waals surface area (Å²) in [5.41, 5.74) is 8.67. The van der Waals surface area contributed by atoms with Crippen molar-refractivity contribution in [3.05, 3.63) is 83.4 Å². The van der Waals surface area contributed by atoms with Crippen molar-refractivity contribution in [3.63, 3.8) is 0 Å². The Labute approximate surface area is 189 Å². The minimum Gasteiger partial charge on any atom is -0.334 e. The predicted molar refractivity (Wildman–Crippen MR) is 137 cm³/mol. The molecule has 0 radical (unpaired) electrons. The second-order valence-corrected chi connectivity index (χ2v) is 10.5. The van der Waals surface area contributed by atoms with Gasteiger partial charge in [0, 0.05) is 22.5 Å². The third-order valence-electron chi connectivity index (χ3n) is 5.72. The van der Waals surface area contributed by atoms with E-state index in [2.05, 4.69) is 139 Å². The molecule has 0 heterocycles. The molecule has 3 rings (SSSR count). The van der Waals surface area contributed by atoms with E-state index >= 15 is 0 Å². The number of rotatable bonds is 4. The number of hydrogen-bond donors (Lipinski definition) is 0. The second-order valence-electron chi connectivity index (χ2n) is 10.5. The van der Waals surface area contributed by atoms with Gasteiger partial charge in [0.25, 0.3) is 0 Å². The Balaban J connectivity index is 2.34. The van der Waals surface area contributed by atoms with Crippen molar-refractivity contribution >= 4 is 22.7 Å². The molecule has 0 amide bonds.